The zero-order valence-corrected chi connectivity index (χ0v) is 7.62. The normalized spacial score (nSPS) is 10.5. The van der Waals surface area contributed by atoms with Crippen molar-refractivity contribution in [3.8, 4) is 0 Å². The molecular formula is C11H12N2. The van der Waals surface area contributed by atoms with Crippen LogP contribution in [-0.2, 0) is 6.54 Å². The van der Waals surface area contributed by atoms with Gasteiger partial charge >= 0.3 is 0 Å². The molecule has 0 saturated carbocycles. The number of aromatic nitrogens is 1. The highest BCUT2D eigenvalue weighted by atomic mass is 14.8. The highest BCUT2D eigenvalue weighted by Gasteiger charge is 1.95. The number of rotatable bonds is 2. The molecule has 0 unspecified atom stereocenters. The van der Waals surface area contributed by atoms with E-state index in [1.165, 1.54) is 10.9 Å². The third-order valence-electron chi connectivity index (χ3n) is 2.03. The Hall–Kier alpha value is -1.41. The van der Waals surface area contributed by atoms with Crippen molar-refractivity contribution < 1.29 is 0 Å². The van der Waals surface area contributed by atoms with Gasteiger partial charge in [0.25, 0.3) is 0 Å². The zero-order chi connectivity index (χ0) is 9.10. The van der Waals surface area contributed by atoms with Gasteiger partial charge in [-0.3, -0.25) is 4.98 Å². The van der Waals surface area contributed by atoms with Crippen LogP contribution in [0.5, 0.6) is 0 Å². The highest BCUT2D eigenvalue weighted by molar-refractivity contribution is 5.78. The van der Waals surface area contributed by atoms with Crippen LogP contribution in [0.2, 0.25) is 0 Å². The van der Waals surface area contributed by atoms with E-state index in [1.54, 1.807) is 0 Å². The summed E-state index contributed by atoms with van der Waals surface area (Å²) < 4.78 is 0. The molecule has 0 radical (unpaired) electrons. The van der Waals surface area contributed by atoms with Crippen molar-refractivity contribution in [3.05, 3.63) is 42.1 Å². The first-order valence-electron chi connectivity index (χ1n) is 4.38. The van der Waals surface area contributed by atoms with E-state index in [1.807, 2.05) is 31.4 Å². The summed E-state index contributed by atoms with van der Waals surface area (Å²) in [6, 6.07) is 10.3. The molecule has 0 fully saturated rings. The summed E-state index contributed by atoms with van der Waals surface area (Å²) >= 11 is 0. The number of para-hydroxylation sites is 1. The molecule has 13 heavy (non-hydrogen) atoms. The molecule has 2 heteroatoms. The monoisotopic (exact) mass is 172 g/mol. The van der Waals surface area contributed by atoms with E-state index in [0.29, 0.717) is 0 Å². The van der Waals surface area contributed by atoms with E-state index in [2.05, 4.69) is 22.4 Å². The summed E-state index contributed by atoms with van der Waals surface area (Å²) in [5, 5.41) is 4.31. The third-order valence-corrected chi connectivity index (χ3v) is 2.03. The van der Waals surface area contributed by atoms with Crippen molar-refractivity contribution in [1.82, 2.24) is 10.3 Å². The maximum atomic E-state index is 4.36. The predicted molar refractivity (Wildman–Crippen MR) is 54.5 cm³/mol. The molecule has 0 saturated heterocycles. The maximum absolute atomic E-state index is 4.36. The number of benzene rings is 1. The second kappa shape index (κ2) is 3.54. The lowest BCUT2D eigenvalue weighted by atomic mass is 10.1. The van der Waals surface area contributed by atoms with Crippen molar-refractivity contribution in [2.45, 2.75) is 6.54 Å². The van der Waals surface area contributed by atoms with Gasteiger partial charge in [0, 0.05) is 18.1 Å². The quantitative estimate of drug-likeness (QED) is 0.749. The summed E-state index contributed by atoms with van der Waals surface area (Å²) in [6.45, 7) is 0.873. The van der Waals surface area contributed by atoms with Gasteiger partial charge in [0.05, 0.1) is 5.52 Å². The molecule has 0 amide bonds. The van der Waals surface area contributed by atoms with E-state index < -0.39 is 0 Å². The average molecular weight is 172 g/mol. The molecule has 0 aliphatic rings. The minimum Gasteiger partial charge on any atom is -0.316 e. The number of pyridine rings is 1. The first-order valence-corrected chi connectivity index (χ1v) is 4.38. The molecule has 1 heterocycles. The van der Waals surface area contributed by atoms with Gasteiger partial charge in [-0.2, -0.15) is 0 Å². The minimum atomic E-state index is 0.873. The molecule has 0 aliphatic carbocycles. The summed E-state index contributed by atoms with van der Waals surface area (Å²) in [4.78, 5) is 4.36. The fraction of sp³-hybridized carbons (Fsp3) is 0.182. The minimum absolute atomic E-state index is 0.873. The number of nitrogens with zero attached hydrogens (tertiary/aromatic N) is 1. The summed E-state index contributed by atoms with van der Waals surface area (Å²) in [5.41, 5.74) is 2.28. The lowest BCUT2D eigenvalue weighted by Gasteiger charge is -2.01. The van der Waals surface area contributed by atoms with E-state index in [-0.39, 0.29) is 0 Å². The number of nitrogens with one attached hydrogen (secondary N) is 1. The van der Waals surface area contributed by atoms with Gasteiger partial charge in [-0.25, -0.2) is 0 Å². The van der Waals surface area contributed by atoms with Crippen LogP contribution in [0.1, 0.15) is 5.56 Å². The number of fused-ring (bicyclic) bond motifs is 1. The van der Waals surface area contributed by atoms with Gasteiger partial charge in [0.15, 0.2) is 0 Å². The fourth-order valence-corrected chi connectivity index (χ4v) is 1.42. The van der Waals surface area contributed by atoms with Gasteiger partial charge in [0.2, 0.25) is 0 Å². The average Bonchev–Trinajstić information content (AvgIpc) is 2.18. The molecule has 0 bridgehead atoms. The molecule has 2 aromatic rings. The van der Waals surface area contributed by atoms with Crippen molar-refractivity contribution in [1.29, 1.82) is 0 Å². The standard InChI is InChI=1S/C11H12N2/c1-12-7-9-6-10-4-2-3-5-11(10)13-8-9/h2-6,8,12H,7H2,1H3. The molecule has 0 spiro atoms. The highest BCUT2D eigenvalue weighted by Crippen LogP contribution is 2.12. The molecule has 0 atom stereocenters. The zero-order valence-electron chi connectivity index (χ0n) is 7.62. The number of hydrogen-bond donors (Lipinski definition) is 1. The van der Waals surface area contributed by atoms with Gasteiger partial charge < -0.3 is 5.32 Å². The molecule has 1 aromatic heterocycles. The van der Waals surface area contributed by atoms with Gasteiger partial charge in [-0.15, -0.1) is 0 Å². The van der Waals surface area contributed by atoms with Crippen LogP contribution in [0.25, 0.3) is 10.9 Å². The van der Waals surface area contributed by atoms with E-state index in [0.717, 1.165) is 12.1 Å². The van der Waals surface area contributed by atoms with Crippen molar-refractivity contribution >= 4 is 10.9 Å². The van der Waals surface area contributed by atoms with Crippen LogP contribution in [0.15, 0.2) is 36.5 Å². The Bertz CT molecular complexity index is 410. The second-order valence-corrected chi connectivity index (χ2v) is 3.07. The van der Waals surface area contributed by atoms with Crippen LogP contribution >= 0.6 is 0 Å². The first-order chi connectivity index (χ1) is 6.40. The molecule has 1 N–H and O–H groups in total. The van der Waals surface area contributed by atoms with E-state index >= 15 is 0 Å². The summed E-state index contributed by atoms with van der Waals surface area (Å²) in [6.07, 6.45) is 1.92. The lowest BCUT2D eigenvalue weighted by molar-refractivity contribution is 0.815. The van der Waals surface area contributed by atoms with Gasteiger partial charge in [0.1, 0.15) is 0 Å². The van der Waals surface area contributed by atoms with Crippen LogP contribution in [0, 0.1) is 0 Å². The third kappa shape index (κ3) is 1.68. The smallest absolute Gasteiger partial charge is 0.0702 e. The van der Waals surface area contributed by atoms with Gasteiger partial charge in [-0.05, 0) is 24.7 Å². The van der Waals surface area contributed by atoms with Crippen LogP contribution in [-0.4, -0.2) is 12.0 Å². The Morgan fingerprint density at radius 2 is 2.15 bits per heavy atom. The van der Waals surface area contributed by atoms with Crippen LogP contribution in [0.3, 0.4) is 0 Å². The van der Waals surface area contributed by atoms with Crippen molar-refractivity contribution in [3.63, 3.8) is 0 Å². The van der Waals surface area contributed by atoms with E-state index in [4.69, 9.17) is 0 Å². The molecular weight excluding hydrogens is 160 g/mol. The summed E-state index contributed by atoms with van der Waals surface area (Å²) in [5.74, 6) is 0. The second-order valence-electron chi connectivity index (χ2n) is 3.07. The molecule has 2 rings (SSSR count). The Balaban J connectivity index is 2.49. The maximum Gasteiger partial charge on any atom is 0.0702 e. The predicted octanol–water partition coefficient (Wildman–Crippen LogP) is 1.95. The van der Waals surface area contributed by atoms with Crippen molar-refractivity contribution in [2.24, 2.45) is 0 Å². The number of hydrogen-bond acceptors (Lipinski definition) is 2. The largest absolute Gasteiger partial charge is 0.316 e. The summed E-state index contributed by atoms with van der Waals surface area (Å²) in [7, 11) is 1.94. The molecule has 66 valence electrons. The van der Waals surface area contributed by atoms with Gasteiger partial charge in [-0.1, -0.05) is 18.2 Å². The Morgan fingerprint density at radius 3 is 3.00 bits per heavy atom. The SMILES string of the molecule is CNCc1cnc2ccccc2c1. The molecule has 1 aromatic carbocycles. The Kier molecular flexibility index (Phi) is 2.23. The first kappa shape index (κ1) is 8.20. The van der Waals surface area contributed by atoms with Crippen molar-refractivity contribution in [2.75, 3.05) is 7.05 Å². The van der Waals surface area contributed by atoms with E-state index in [9.17, 15) is 0 Å². The topological polar surface area (TPSA) is 24.9 Å². The Morgan fingerprint density at radius 1 is 1.31 bits per heavy atom. The lowest BCUT2D eigenvalue weighted by Crippen LogP contribution is -2.05. The van der Waals surface area contributed by atoms with Crippen LogP contribution < -0.4 is 5.32 Å². The molecule has 2 nitrogen and oxygen atoms in total. The van der Waals surface area contributed by atoms with Crippen LogP contribution in [0.4, 0.5) is 0 Å². The fourth-order valence-electron chi connectivity index (χ4n) is 1.42. The molecule has 0 aliphatic heterocycles. The Labute approximate surface area is 77.6 Å².